The topological polar surface area (TPSA) is 93.3 Å². The summed E-state index contributed by atoms with van der Waals surface area (Å²) in [7, 11) is -1.46. The molecule has 0 saturated carbocycles. The molecular weight excluding hydrogens is 442 g/mol. The molecule has 182 valence electrons. The molecule has 0 bridgehead atoms. The molecule has 33 heavy (non-hydrogen) atoms. The quantitative estimate of drug-likeness (QED) is 0.642. The molecule has 0 spiro atoms. The molecule has 3 aliphatic rings. The maximum Gasteiger partial charge on any atom is 0.243 e. The average Bonchev–Trinajstić information content (AvgIpc) is 3.20. The van der Waals surface area contributed by atoms with Crippen molar-refractivity contribution in [2.45, 2.75) is 43.5 Å². The van der Waals surface area contributed by atoms with E-state index in [9.17, 15) is 18.0 Å². The molecule has 1 aromatic carbocycles. The first-order valence-corrected chi connectivity index (χ1v) is 13.3. The van der Waals surface area contributed by atoms with Gasteiger partial charge in [0, 0.05) is 71.4 Å². The van der Waals surface area contributed by atoms with Crippen molar-refractivity contribution in [2.75, 3.05) is 64.3 Å². The molecule has 0 aromatic heterocycles. The Kier molecular flexibility index (Phi) is 7.37. The Balaban J connectivity index is 1.43. The van der Waals surface area contributed by atoms with Crippen molar-refractivity contribution < 1.29 is 18.0 Å². The van der Waals surface area contributed by atoms with Gasteiger partial charge in [0.15, 0.2) is 0 Å². The summed E-state index contributed by atoms with van der Waals surface area (Å²) in [4.78, 5) is 31.8. The van der Waals surface area contributed by atoms with Crippen LogP contribution in [0.25, 0.3) is 0 Å². The largest absolute Gasteiger partial charge is 0.353 e. The number of nitrogens with one attached hydrogen (secondary N) is 1. The number of rotatable bonds is 6. The second-order valence-electron chi connectivity index (χ2n) is 9.30. The number of carbonyl (C=O) groups is 2. The van der Waals surface area contributed by atoms with Crippen LogP contribution in [-0.2, 0) is 26.0 Å². The summed E-state index contributed by atoms with van der Waals surface area (Å²) in [5.41, 5.74) is 1.35. The second kappa shape index (κ2) is 10.1. The van der Waals surface area contributed by atoms with E-state index in [1.807, 2.05) is 0 Å². The number of sulfonamides is 1. The molecular formula is C23H35N5O4S. The number of hydrogen-bond donors (Lipinski definition) is 1. The number of fused-ring (bicyclic) bond motifs is 1. The van der Waals surface area contributed by atoms with Crippen LogP contribution in [0.5, 0.6) is 0 Å². The normalized spacial score (nSPS) is 22.8. The summed E-state index contributed by atoms with van der Waals surface area (Å²) in [6.07, 6.45) is 3.12. The number of benzene rings is 1. The van der Waals surface area contributed by atoms with Gasteiger partial charge in [0.1, 0.15) is 6.04 Å². The smallest absolute Gasteiger partial charge is 0.243 e. The first-order valence-electron chi connectivity index (χ1n) is 11.9. The van der Waals surface area contributed by atoms with Crippen LogP contribution in [0.1, 0.15) is 31.7 Å². The first kappa shape index (κ1) is 24.1. The number of hydrogen-bond acceptors (Lipinski definition) is 6. The minimum Gasteiger partial charge on any atom is -0.353 e. The zero-order chi connectivity index (χ0) is 23.6. The van der Waals surface area contributed by atoms with Crippen LogP contribution in [-0.4, -0.2) is 99.8 Å². The third-order valence-corrected chi connectivity index (χ3v) is 8.85. The molecule has 0 aliphatic carbocycles. The lowest BCUT2D eigenvalue weighted by Gasteiger charge is -2.32. The number of nitrogens with zero attached hydrogens (tertiary/aromatic N) is 4. The first-order chi connectivity index (χ1) is 15.8. The molecule has 2 amide bonds. The molecule has 10 heteroatoms. The van der Waals surface area contributed by atoms with Crippen LogP contribution in [0.2, 0.25) is 0 Å². The van der Waals surface area contributed by atoms with Crippen LogP contribution < -0.4 is 10.2 Å². The molecule has 2 fully saturated rings. The fourth-order valence-corrected chi connectivity index (χ4v) is 6.54. The van der Waals surface area contributed by atoms with E-state index in [0.717, 1.165) is 57.5 Å². The summed E-state index contributed by atoms with van der Waals surface area (Å²) in [5.74, 6) is -0.421. The van der Waals surface area contributed by atoms with Crippen molar-refractivity contribution in [3.05, 3.63) is 23.8 Å². The van der Waals surface area contributed by atoms with E-state index in [1.54, 1.807) is 22.5 Å². The standard InChI is InChI=1S/C23H35N5O4S/c1-18(29)28-21-7-6-20(33(31,32)27-9-4-3-5-10-27)16-19(21)17-22(28)23(30)24-8-11-26-14-12-25(2)13-15-26/h6-7,16,22H,3-5,8-15,17H2,1-2H3,(H,24,30)/t22-/m0/s1. The predicted molar refractivity (Wildman–Crippen MR) is 127 cm³/mol. The Hall–Kier alpha value is -2.01. The minimum atomic E-state index is -3.57. The summed E-state index contributed by atoms with van der Waals surface area (Å²) in [6, 6.07) is 4.22. The predicted octanol–water partition coefficient (Wildman–Crippen LogP) is 0.502. The third-order valence-electron chi connectivity index (χ3n) is 6.95. The molecule has 3 heterocycles. The van der Waals surface area contributed by atoms with E-state index in [-0.39, 0.29) is 16.7 Å². The van der Waals surface area contributed by atoms with Gasteiger partial charge in [0.25, 0.3) is 0 Å². The van der Waals surface area contributed by atoms with Crippen molar-refractivity contribution in [2.24, 2.45) is 0 Å². The van der Waals surface area contributed by atoms with E-state index in [2.05, 4.69) is 22.2 Å². The Morgan fingerprint density at radius 3 is 2.39 bits per heavy atom. The van der Waals surface area contributed by atoms with Crippen molar-refractivity contribution in [1.82, 2.24) is 19.4 Å². The van der Waals surface area contributed by atoms with E-state index < -0.39 is 16.1 Å². The maximum atomic E-state index is 13.1. The van der Waals surface area contributed by atoms with Crippen LogP contribution >= 0.6 is 0 Å². The van der Waals surface area contributed by atoms with Crippen molar-refractivity contribution in [3.63, 3.8) is 0 Å². The highest BCUT2D eigenvalue weighted by Gasteiger charge is 2.38. The van der Waals surface area contributed by atoms with Crippen LogP contribution in [0.3, 0.4) is 0 Å². The summed E-state index contributed by atoms with van der Waals surface area (Å²) in [5, 5.41) is 2.98. The van der Waals surface area contributed by atoms with Gasteiger partial charge in [-0.25, -0.2) is 8.42 Å². The van der Waals surface area contributed by atoms with Crippen LogP contribution in [0, 0.1) is 0 Å². The Labute approximate surface area is 196 Å². The number of carbonyl (C=O) groups excluding carboxylic acids is 2. The SMILES string of the molecule is CC(=O)N1c2ccc(S(=O)(=O)N3CCCCC3)cc2C[C@H]1C(=O)NCCN1CCN(C)CC1. The average molecular weight is 478 g/mol. The van der Waals surface area contributed by atoms with Gasteiger partial charge in [-0.2, -0.15) is 4.31 Å². The molecule has 1 atom stereocenters. The highest BCUT2D eigenvalue weighted by Crippen LogP contribution is 2.35. The fraction of sp³-hybridized carbons (Fsp3) is 0.652. The van der Waals surface area contributed by atoms with Gasteiger partial charge in [-0.1, -0.05) is 6.42 Å². The van der Waals surface area contributed by atoms with Gasteiger partial charge < -0.3 is 10.2 Å². The van der Waals surface area contributed by atoms with Crippen LogP contribution in [0.15, 0.2) is 23.1 Å². The third kappa shape index (κ3) is 5.24. The van der Waals surface area contributed by atoms with Gasteiger partial charge >= 0.3 is 0 Å². The molecule has 9 nitrogen and oxygen atoms in total. The highest BCUT2D eigenvalue weighted by molar-refractivity contribution is 7.89. The lowest BCUT2D eigenvalue weighted by molar-refractivity contribution is -0.125. The number of likely N-dealkylation sites (N-methyl/N-ethyl adjacent to an activating group) is 1. The molecule has 2 saturated heterocycles. The van der Waals surface area contributed by atoms with E-state index in [4.69, 9.17) is 0 Å². The summed E-state index contributed by atoms with van der Waals surface area (Å²) >= 11 is 0. The fourth-order valence-electron chi connectivity index (χ4n) is 4.97. The molecule has 1 aromatic rings. The zero-order valence-corrected chi connectivity index (χ0v) is 20.4. The number of amides is 2. The van der Waals surface area contributed by atoms with Gasteiger partial charge in [0.2, 0.25) is 21.8 Å². The van der Waals surface area contributed by atoms with Crippen molar-refractivity contribution in [3.8, 4) is 0 Å². The second-order valence-corrected chi connectivity index (χ2v) is 11.2. The lowest BCUT2D eigenvalue weighted by Crippen LogP contribution is -2.50. The van der Waals surface area contributed by atoms with Crippen molar-refractivity contribution in [1.29, 1.82) is 0 Å². The van der Waals surface area contributed by atoms with Crippen molar-refractivity contribution >= 4 is 27.5 Å². The number of anilines is 1. The molecule has 0 radical (unpaired) electrons. The lowest BCUT2D eigenvalue weighted by atomic mass is 10.1. The summed E-state index contributed by atoms with van der Waals surface area (Å²) in [6.45, 7) is 7.82. The van der Waals surface area contributed by atoms with E-state index >= 15 is 0 Å². The Morgan fingerprint density at radius 2 is 1.73 bits per heavy atom. The Bertz CT molecular complexity index is 985. The van der Waals surface area contributed by atoms with Crippen LogP contribution in [0.4, 0.5) is 5.69 Å². The highest BCUT2D eigenvalue weighted by atomic mass is 32.2. The van der Waals surface area contributed by atoms with Gasteiger partial charge in [-0.15, -0.1) is 0 Å². The number of piperidine rings is 1. The molecule has 3 aliphatic heterocycles. The molecule has 0 unspecified atom stereocenters. The maximum absolute atomic E-state index is 13.1. The molecule has 1 N–H and O–H groups in total. The summed E-state index contributed by atoms with van der Waals surface area (Å²) < 4.78 is 27.7. The minimum absolute atomic E-state index is 0.198. The Morgan fingerprint density at radius 1 is 1.03 bits per heavy atom. The zero-order valence-electron chi connectivity index (χ0n) is 19.6. The monoisotopic (exact) mass is 477 g/mol. The van der Waals surface area contributed by atoms with E-state index in [0.29, 0.717) is 31.7 Å². The number of piperazine rings is 1. The van der Waals surface area contributed by atoms with E-state index in [1.165, 1.54) is 11.8 Å². The van der Waals surface area contributed by atoms with Gasteiger partial charge in [-0.05, 0) is 43.7 Å². The molecule has 4 rings (SSSR count). The van der Waals surface area contributed by atoms with Gasteiger partial charge in [-0.3, -0.25) is 19.4 Å². The van der Waals surface area contributed by atoms with Gasteiger partial charge in [0.05, 0.1) is 4.90 Å².